The van der Waals surface area contributed by atoms with E-state index >= 15 is 0 Å². The molecule has 12 nitrogen and oxygen atoms in total. The van der Waals surface area contributed by atoms with E-state index < -0.39 is 36.8 Å². The number of halogens is 3. The number of aromatic nitrogens is 4. The van der Waals surface area contributed by atoms with Crippen molar-refractivity contribution in [3.05, 3.63) is 83.2 Å². The standard InChI is InChI=1S/C45H55F3N8O4/c1-24(2)35(49)42(57)56-22-19-26(5)39(56)41-51-33(18-20-45(46,47)48)37(52-41)28-14-12-27(13-15-28)29-16-17-31-30(23-29)9-7-10-32-38(31)53-40(50-32)34-11-8-21-55(34)43(58)36(25(3)4)54-44(59)60-6/h12-17,23-25,34-36,39H,5,7-11,18-22,49H2,1-4,6H3,(H,50,53)(H,51,52)(H,54,59)/t34-,35-,36-,39-/m0/s1. The molecule has 2 aliphatic heterocycles. The van der Waals surface area contributed by atoms with Crippen molar-refractivity contribution in [2.45, 2.75) is 109 Å². The first-order chi connectivity index (χ1) is 28.5. The van der Waals surface area contributed by atoms with Gasteiger partial charge in [0.1, 0.15) is 23.7 Å². The summed E-state index contributed by atoms with van der Waals surface area (Å²) in [5, 5.41) is 2.71. The van der Waals surface area contributed by atoms with Crippen LogP contribution in [0.5, 0.6) is 0 Å². The van der Waals surface area contributed by atoms with E-state index in [-0.39, 0.29) is 36.1 Å². The van der Waals surface area contributed by atoms with Crippen molar-refractivity contribution in [2.75, 3.05) is 20.2 Å². The summed E-state index contributed by atoms with van der Waals surface area (Å²) in [5.74, 6) is 0.499. The van der Waals surface area contributed by atoms with Gasteiger partial charge in [0.2, 0.25) is 11.8 Å². The van der Waals surface area contributed by atoms with Crippen LogP contribution in [-0.4, -0.2) is 86.1 Å². The summed E-state index contributed by atoms with van der Waals surface area (Å²) in [6, 6.07) is 11.6. The van der Waals surface area contributed by atoms with Crippen LogP contribution in [0.1, 0.15) is 100 Å². The van der Waals surface area contributed by atoms with E-state index in [0.29, 0.717) is 42.3 Å². The number of hydrogen-bond acceptors (Lipinski definition) is 7. The number of benzene rings is 2. The molecule has 4 aromatic rings. The lowest BCUT2D eigenvalue weighted by Crippen LogP contribution is -2.51. The van der Waals surface area contributed by atoms with E-state index in [0.717, 1.165) is 77.1 Å². The molecule has 2 aromatic heterocycles. The van der Waals surface area contributed by atoms with Crippen molar-refractivity contribution in [1.82, 2.24) is 35.1 Å². The summed E-state index contributed by atoms with van der Waals surface area (Å²) in [6.45, 7) is 12.7. The third kappa shape index (κ3) is 8.72. The van der Waals surface area contributed by atoms with Gasteiger partial charge in [0.25, 0.3) is 0 Å². The van der Waals surface area contributed by atoms with Crippen molar-refractivity contribution in [3.63, 3.8) is 0 Å². The number of methoxy groups -OCH3 is 1. The summed E-state index contributed by atoms with van der Waals surface area (Å²) in [7, 11) is 1.28. The number of nitrogens with one attached hydrogen (secondary N) is 3. The number of nitrogens with two attached hydrogens (primary N) is 1. The van der Waals surface area contributed by atoms with Crippen LogP contribution in [0.2, 0.25) is 0 Å². The number of fused-ring (bicyclic) bond motifs is 3. The molecule has 3 amide bonds. The highest BCUT2D eigenvalue weighted by atomic mass is 19.4. The Labute approximate surface area is 348 Å². The topological polar surface area (TPSA) is 162 Å². The van der Waals surface area contributed by atoms with Gasteiger partial charge in [0.15, 0.2) is 0 Å². The van der Waals surface area contributed by atoms with Crippen molar-refractivity contribution in [2.24, 2.45) is 17.6 Å². The largest absolute Gasteiger partial charge is 0.453 e. The molecular weight excluding hydrogens is 774 g/mol. The number of nitrogens with zero attached hydrogens (tertiary/aromatic N) is 4. The maximum absolute atomic E-state index is 13.8. The number of amides is 3. The second-order valence-electron chi connectivity index (χ2n) is 17.0. The predicted molar refractivity (Wildman–Crippen MR) is 222 cm³/mol. The zero-order valence-electron chi connectivity index (χ0n) is 34.9. The molecule has 2 aromatic carbocycles. The Morgan fingerprint density at radius 3 is 2.27 bits per heavy atom. The molecule has 0 radical (unpaired) electrons. The lowest BCUT2D eigenvalue weighted by atomic mass is 9.95. The van der Waals surface area contributed by atoms with Gasteiger partial charge in [-0.05, 0) is 79.0 Å². The van der Waals surface area contributed by atoms with Gasteiger partial charge in [0.05, 0.1) is 30.6 Å². The molecule has 4 heterocycles. The minimum absolute atomic E-state index is 0.0929. The average molecular weight is 829 g/mol. The Hall–Kier alpha value is -5.44. The van der Waals surface area contributed by atoms with E-state index in [1.165, 1.54) is 7.11 Å². The molecule has 0 saturated carbocycles. The van der Waals surface area contributed by atoms with Gasteiger partial charge >= 0.3 is 12.3 Å². The maximum Gasteiger partial charge on any atom is 0.407 e. The van der Waals surface area contributed by atoms with Gasteiger partial charge < -0.3 is 35.6 Å². The Balaban J connectivity index is 1.14. The van der Waals surface area contributed by atoms with Crippen LogP contribution >= 0.6 is 0 Å². The third-order valence-corrected chi connectivity index (χ3v) is 12.1. The Morgan fingerprint density at radius 2 is 1.58 bits per heavy atom. The first-order valence-corrected chi connectivity index (χ1v) is 20.9. The molecule has 0 spiro atoms. The van der Waals surface area contributed by atoms with Gasteiger partial charge in [-0.3, -0.25) is 9.59 Å². The quantitative estimate of drug-likeness (QED) is 0.112. The van der Waals surface area contributed by atoms with Gasteiger partial charge in [-0.2, -0.15) is 13.2 Å². The van der Waals surface area contributed by atoms with Crippen molar-refractivity contribution in [3.8, 4) is 33.6 Å². The number of aromatic amines is 2. The number of carbonyl (C=O) groups excluding carboxylic acids is 3. The number of alkyl halides is 3. The minimum Gasteiger partial charge on any atom is -0.453 e. The van der Waals surface area contributed by atoms with E-state index in [2.05, 4.69) is 40.1 Å². The molecular formula is C45H55F3N8O4. The summed E-state index contributed by atoms with van der Waals surface area (Å²) in [5.41, 5.74) is 14.4. The lowest BCUT2D eigenvalue weighted by molar-refractivity contribution is -0.136. The van der Waals surface area contributed by atoms with Crippen molar-refractivity contribution in [1.29, 1.82) is 0 Å². The number of imidazole rings is 2. The molecule has 2 saturated heterocycles. The molecule has 3 aliphatic rings. The second-order valence-corrected chi connectivity index (χ2v) is 17.0. The molecule has 5 N–H and O–H groups in total. The summed E-state index contributed by atoms with van der Waals surface area (Å²) in [4.78, 5) is 59.4. The highest BCUT2D eigenvalue weighted by molar-refractivity contribution is 5.86. The van der Waals surface area contributed by atoms with Crippen LogP contribution in [0.4, 0.5) is 18.0 Å². The predicted octanol–water partition coefficient (Wildman–Crippen LogP) is 7.97. The lowest BCUT2D eigenvalue weighted by Gasteiger charge is -2.30. The van der Waals surface area contributed by atoms with Gasteiger partial charge in [0, 0.05) is 42.0 Å². The molecule has 15 heteroatoms. The molecule has 0 bridgehead atoms. The third-order valence-electron chi connectivity index (χ3n) is 12.1. The van der Waals surface area contributed by atoms with Crippen LogP contribution in [0, 0.1) is 11.8 Å². The number of rotatable bonds is 11. The van der Waals surface area contributed by atoms with Crippen LogP contribution in [0.25, 0.3) is 33.6 Å². The maximum atomic E-state index is 13.8. The molecule has 2 fully saturated rings. The minimum atomic E-state index is -4.36. The number of hydrogen-bond donors (Lipinski definition) is 4. The number of aryl methyl sites for hydroxylation is 3. The molecule has 0 unspecified atom stereocenters. The summed E-state index contributed by atoms with van der Waals surface area (Å²) >= 11 is 0. The van der Waals surface area contributed by atoms with E-state index in [4.69, 9.17) is 20.4 Å². The second kappa shape index (κ2) is 17.3. The number of carbonyl (C=O) groups is 3. The Morgan fingerprint density at radius 1 is 0.883 bits per heavy atom. The summed E-state index contributed by atoms with van der Waals surface area (Å²) < 4.78 is 45.3. The smallest absolute Gasteiger partial charge is 0.407 e. The van der Waals surface area contributed by atoms with E-state index in [1.807, 2.05) is 56.9 Å². The molecule has 1 aliphatic carbocycles. The fourth-order valence-corrected chi connectivity index (χ4v) is 8.72. The number of alkyl carbamates (subject to hydrolysis) is 1. The highest BCUT2D eigenvalue weighted by Crippen LogP contribution is 2.40. The highest BCUT2D eigenvalue weighted by Gasteiger charge is 2.40. The molecule has 4 atom stereocenters. The monoisotopic (exact) mass is 828 g/mol. The fraction of sp³-hybridized carbons (Fsp3) is 0.489. The normalized spacial score (nSPS) is 19.0. The van der Waals surface area contributed by atoms with Crippen LogP contribution in [0.15, 0.2) is 54.6 Å². The van der Waals surface area contributed by atoms with Gasteiger partial charge in [-0.15, -0.1) is 0 Å². The van der Waals surface area contributed by atoms with Crippen molar-refractivity contribution >= 4 is 17.9 Å². The summed E-state index contributed by atoms with van der Waals surface area (Å²) in [6.07, 6.45) is -1.66. The number of H-pyrrole nitrogens is 2. The number of ether oxygens (including phenoxy) is 1. The first-order valence-electron chi connectivity index (χ1n) is 20.9. The van der Waals surface area contributed by atoms with Crippen LogP contribution in [-0.2, 0) is 33.6 Å². The fourth-order valence-electron chi connectivity index (χ4n) is 8.72. The van der Waals surface area contributed by atoms with E-state index in [9.17, 15) is 27.6 Å². The molecule has 7 rings (SSSR count). The van der Waals surface area contributed by atoms with Gasteiger partial charge in [-0.25, -0.2) is 14.8 Å². The average Bonchev–Trinajstić information content (AvgIpc) is 4.02. The SMILES string of the molecule is C=C1CCN(C(=O)[C@@H](N)C(C)C)[C@@H]1c1nc(-c2ccc(-c3ccc4c(c3)CCCc3[nH]c([C@@H]5CCCN5C(=O)[C@@H](NC(=O)OC)C(C)C)nc3-4)cc2)c(CCC(F)(F)F)[nH]1. The van der Waals surface area contributed by atoms with Crippen molar-refractivity contribution < 1.29 is 32.3 Å². The Kier molecular flexibility index (Phi) is 12.3. The van der Waals surface area contributed by atoms with E-state index in [1.54, 1.807) is 4.90 Å². The number of likely N-dealkylation sites (tertiary alicyclic amines) is 2. The van der Waals surface area contributed by atoms with Crippen LogP contribution in [0.3, 0.4) is 0 Å². The van der Waals surface area contributed by atoms with Crippen LogP contribution < -0.4 is 11.1 Å². The Bertz CT molecular complexity index is 2240. The zero-order chi connectivity index (χ0) is 43.0. The first kappa shape index (κ1) is 42.7. The molecule has 60 heavy (non-hydrogen) atoms. The zero-order valence-corrected chi connectivity index (χ0v) is 34.9. The molecule has 320 valence electrons. The van der Waals surface area contributed by atoms with Gasteiger partial charge in [-0.1, -0.05) is 76.7 Å².